The second kappa shape index (κ2) is 7.90. The minimum Gasteiger partial charge on any atom is -0.392 e. The highest BCUT2D eigenvalue weighted by Gasteiger charge is 2.24. The van der Waals surface area contributed by atoms with Gasteiger partial charge >= 0.3 is 0 Å². The van der Waals surface area contributed by atoms with Crippen LogP contribution in [0.2, 0.25) is 0 Å². The lowest BCUT2D eigenvalue weighted by Gasteiger charge is -2.23. The normalized spacial score (nSPS) is 20.1. The van der Waals surface area contributed by atoms with Crippen molar-refractivity contribution in [3.63, 3.8) is 0 Å². The van der Waals surface area contributed by atoms with Gasteiger partial charge in [0, 0.05) is 29.1 Å². The summed E-state index contributed by atoms with van der Waals surface area (Å²) < 4.78 is 0. The molecule has 1 aliphatic heterocycles. The van der Waals surface area contributed by atoms with Gasteiger partial charge in [-0.15, -0.1) is 0 Å². The van der Waals surface area contributed by atoms with Gasteiger partial charge < -0.3 is 11.1 Å². The smallest absolute Gasteiger partial charge is 0.234 e. The van der Waals surface area contributed by atoms with E-state index in [0.29, 0.717) is 11.8 Å². The Balaban J connectivity index is 1.95. The summed E-state index contributed by atoms with van der Waals surface area (Å²) in [4.78, 5) is 12.6. The Labute approximate surface area is 133 Å². The Kier molecular flexibility index (Phi) is 6.19. The van der Waals surface area contributed by atoms with Gasteiger partial charge in [-0.2, -0.15) is 23.5 Å². The Hall–Kier alpha value is -0.720. The number of hydrogen-bond acceptors (Lipinski definition) is 4. The number of nitrogens with two attached hydrogens (primary N) is 1. The number of nitrogens with one attached hydrogen (secondary N) is 1. The van der Waals surface area contributed by atoms with E-state index in [9.17, 15) is 4.79 Å². The van der Waals surface area contributed by atoms with Crippen LogP contribution >= 0.6 is 35.7 Å². The van der Waals surface area contributed by atoms with Crippen molar-refractivity contribution < 1.29 is 4.79 Å². The topological polar surface area (TPSA) is 55.1 Å². The summed E-state index contributed by atoms with van der Waals surface area (Å²) >= 11 is 8.92. The van der Waals surface area contributed by atoms with Crippen molar-refractivity contribution in [1.82, 2.24) is 5.32 Å². The monoisotopic (exact) mass is 326 g/mol. The van der Waals surface area contributed by atoms with E-state index in [2.05, 4.69) is 5.32 Å². The summed E-state index contributed by atoms with van der Waals surface area (Å²) in [5.74, 6) is 2.82. The maximum Gasteiger partial charge on any atom is 0.234 e. The highest BCUT2D eigenvalue weighted by atomic mass is 32.2. The molecule has 3 N–H and O–H groups in total. The molecule has 3 nitrogen and oxygen atoms in total. The minimum absolute atomic E-state index is 0.0973. The third-order valence-electron chi connectivity index (χ3n) is 3.07. The van der Waals surface area contributed by atoms with Crippen molar-refractivity contribution in [3.8, 4) is 0 Å². The summed E-state index contributed by atoms with van der Waals surface area (Å²) in [5.41, 5.74) is 6.59. The molecule has 108 valence electrons. The molecule has 20 heavy (non-hydrogen) atoms. The number of rotatable bonds is 5. The first-order valence-corrected chi connectivity index (χ1v) is 9.11. The molecule has 2 unspecified atom stereocenters. The fourth-order valence-electron chi connectivity index (χ4n) is 2.06. The molecule has 0 radical (unpaired) electrons. The number of hydrogen-bond donors (Lipinski definition) is 2. The molecule has 1 aromatic carbocycles. The molecule has 1 amide bonds. The van der Waals surface area contributed by atoms with Crippen LogP contribution in [0, 0.1) is 0 Å². The minimum atomic E-state index is -0.535. The first-order valence-electron chi connectivity index (χ1n) is 6.50. The highest BCUT2D eigenvalue weighted by Crippen LogP contribution is 2.23. The molecule has 0 bridgehead atoms. The summed E-state index contributed by atoms with van der Waals surface area (Å²) in [7, 11) is 0. The van der Waals surface area contributed by atoms with Gasteiger partial charge in [0.1, 0.15) is 5.92 Å². The van der Waals surface area contributed by atoms with Crippen molar-refractivity contribution in [2.24, 2.45) is 5.73 Å². The maximum atomic E-state index is 12.3. The van der Waals surface area contributed by atoms with E-state index in [4.69, 9.17) is 18.0 Å². The molecule has 2 atom stereocenters. The fraction of sp³-hybridized carbons (Fsp3) is 0.429. The average Bonchev–Trinajstić information content (AvgIpc) is 2.47. The summed E-state index contributed by atoms with van der Waals surface area (Å²) in [6.45, 7) is 0.683. The predicted molar refractivity (Wildman–Crippen MR) is 92.5 cm³/mol. The second-order valence-electron chi connectivity index (χ2n) is 4.56. The van der Waals surface area contributed by atoms with Crippen LogP contribution in [0.25, 0.3) is 0 Å². The van der Waals surface area contributed by atoms with Gasteiger partial charge in [-0.05, 0) is 5.56 Å². The average molecular weight is 327 g/mol. The lowest BCUT2D eigenvalue weighted by molar-refractivity contribution is -0.121. The van der Waals surface area contributed by atoms with Crippen LogP contribution in [0.15, 0.2) is 30.3 Å². The van der Waals surface area contributed by atoms with Crippen molar-refractivity contribution in [3.05, 3.63) is 35.9 Å². The van der Waals surface area contributed by atoms with E-state index in [0.717, 1.165) is 17.1 Å². The molecule has 1 heterocycles. The molecule has 0 aliphatic carbocycles. The van der Waals surface area contributed by atoms with Crippen molar-refractivity contribution in [2.75, 3.05) is 23.8 Å². The maximum absolute atomic E-state index is 12.3. The standard InChI is InChI=1S/C14H18N2OS3/c15-13(18)12(10-4-2-1-3-5-10)14(17)16-8-11-9-19-6-7-20-11/h1-5,11-12H,6-9H2,(H2,15,18)(H,16,17). The highest BCUT2D eigenvalue weighted by molar-refractivity contribution is 8.06. The summed E-state index contributed by atoms with van der Waals surface area (Å²) in [6, 6.07) is 9.46. The molecular formula is C14H18N2OS3. The zero-order valence-corrected chi connectivity index (χ0v) is 13.5. The third kappa shape index (κ3) is 4.40. The molecule has 1 saturated heterocycles. The van der Waals surface area contributed by atoms with Gasteiger partial charge in [0.2, 0.25) is 5.91 Å². The fourth-order valence-corrected chi connectivity index (χ4v) is 4.92. The van der Waals surface area contributed by atoms with Gasteiger partial charge in [-0.3, -0.25) is 4.79 Å². The number of amides is 1. The van der Waals surface area contributed by atoms with Crippen molar-refractivity contribution >= 4 is 46.6 Å². The predicted octanol–water partition coefficient (Wildman–Crippen LogP) is 2.02. The van der Waals surface area contributed by atoms with Gasteiger partial charge in [-0.25, -0.2) is 0 Å². The largest absolute Gasteiger partial charge is 0.392 e. The van der Waals surface area contributed by atoms with E-state index in [1.165, 1.54) is 5.75 Å². The third-order valence-corrected chi connectivity index (χ3v) is 6.15. The van der Waals surface area contributed by atoms with Gasteiger partial charge in [0.05, 0.1) is 4.99 Å². The van der Waals surface area contributed by atoms with Crippen LogP contribution in [-0.4, -0.2) is 39.9 Å². The summed E-state index contributed by atoms with van der Waals surface area (Å²) in [6.07, 6.45) is 0. The van der Waals surface area contributed by atoms with Crippen LogP contribution in [0.4, 0.5) is 0 Å². The summed E-state index contributed by atoms with van der Waals surface area (Å²) in [5, 5.41) is 3.48. The molecule has 0 aromatic heterocycles. The van der Waals surface area contributed by atoms with E-state index < -0.39 is 5.92 Å². The lowest BCUT2D eigenvalue weighted by Crippen LogP contribution is -2.40. The second-order valence-corrected chi connectivity index (χ2v) is 7.59. The molecule has 6 heteroatoms. The van der Waals surface area contributed by atoms with E-state index in [1.54, 1.807) is 0 Å². The molecule has 0 saturated carbocycles. The molecule has 0 spiro atoms. The van der Waals surface area contributed by atoms with Crippen LogP contribution in [0.5, 0.6) is 0 Å². The van der Waals surface area contributed by atoms with Gasteiger partial charge in [-0.1, -0.05) is 42.5 Å². The lowest BCUT2D eigenvalue weighted by atomic mass is 9.98. The van der Waals surface area contributed by atoms with Crippen molar-refractivity contribution in [2.45, 2.75) is 11.2 Å². The quantitative estimate of drug-likeness (QED) is 0.811. The molecular weight excluding hydrogens is 308 g/mol. The van der Waals surface area contributed by atoms with Gasteiger partial charge in [0.15, 0.2) is 0 Å². The van der Waals surface area contributed by atoms with Crippen LogP contribution in [-0.2, 0) is 4.79 Å². The number of benzene rings is 1. The Bertz CT molecular complexity index is 461. The molecule has 1 fully saturated rings. The number of carbonyl (C=O) groups is 1. The Morgan fingerprint density at radius 1 is 1.40 bits per heavy atom. The Morgan fingerprint density at radius 3 is 2.75 bits per heavy atom. The van der Waals surface area contributed by atoms with E-state index in [1.807, 2.05) is 53.9 Å². The molecule has 2 rings (SSSR count). The van der Waals surface area contributed by atoms with E-state index >= 15 is 0 Å². The zero-order chi connectivity index (χ0) is 14.4. The first kappa shape index (κ1) is 15.7. The zero-order valence-electron chi connectivity index (χ0n) is 11.1. The molecule has 1 aromatic rings. The SMILES string of the molecule is NC(=S)C(C(=O)NCC1CSCCS1)c1ccccc1. The molecule has 1 aliphatic rings. The van der Waals surface area contributed by atoms with Crippen molar-refractivity contribution in [1.29, 1.82) is 0 Å². The number of thiocarbonyl (C=S) groups is 1. The van der Waals surface area contributed by atoms with Crippen LogP contribution in [0.3, 0.4) is 0 Å². The van der Waals surface area contributed by atoms with Gasteiger partial charge in [0.25, 0.3) is 0 Å². The van der Waals surface area contributed by atoms with Crippen LogP contribution < -0.4 is 11.1 Å². The Morgan fingerprint density at radius 2 is 2.15 bits per heavy atom. The number of thioether (sulfide) groups is 2. The van der Waals surface area contributed by atoms with Crippen LogP contribution in [0.1, 0.15) is 11.5 Å². The number of carbonyl (C=O) groups excluding carboxylic acids is 1. The first-order chi connectivity index (χ1) is 9.68. The van der Waals surface area contributed by atoms with E-state index in [-0.39, 0.29) is 10.9 Å².